The van der Waals surface area contributed by atoms with Crippen molar-refractivity contribution in [3.63, 3.8) is 0 Å². The van der Waals surface area contributed by atoms with E-state index in [4.69, 9.17) is 11.6 Å². The van der Waals surface area contributed by atoms with Gasteiger partial charge in [0.25, 0.3) is 5.91 Å². The lowest BCUT2D eigenvalue weighted by molar-refractivity contribution is 0.0940. The minimum absolute atomic E-state index is 0.0695. The van der Waals surface area contributed by atoms with Gasteiger partial charge in [0.15, 0.2) is 0 Å². The summed E-state index contributed by atoms with van der Waals surface area (Å²) in [6.07, 6.45) is 1.58. The molecule has 0 saturated heterocycles. The van der Waals surface area contributed by atoms with Gasteiger partial charge in [-0.2, -0.15) is 5.10 Å². The van der Waals surface area contributed by atoms with Gasteiger partial charge in [0, 0.05) is 11.6 Å². The smallest absolute Gasteiger partial charge is 0.254 e. The van der Waals surface area contributed by atoms with Crippen LogP contribution < -0.4 is 5.32 Å². The van der Waals surface area contributed by atoms with Crippen molar-refractivity contribution >= 4 is 17.5 Å². The van der Waals surface area contributed by atoms with Crippen LogP contribution in [0.3, 0.4) is 0 Å². The maximum atomic E-state index is 13.7. The van der Waals surface area contributed by atoms with Gasteiger partial charge < -0.3 is 10.2 Å². The lowest BCUT2D eigenvalue weighted by Gasteiger charge is -2.25. The number of hydrogen-bond donors (Lipinski definition) is 1. The highest BCUT2D eigenvalue weighted by molar-refractivity contribution is 6.30. The number of carbonyl (C=O) groups is 1. The van der Waals surface area contributed by atoms with Gasteiger partial charge in [0.05, 0.1) is 29.2 Å². The Kier molecular flexibility index (Phi) is 6.90. The highest BCUT2D eigenvalue weighted by atomic mass is 35.5. The number of rotatable bonds is 7. The summed E-state index contributed by atoms with van der Waals surface area (Å²) in [5.74, 6) is -0.439. The first-order valence-corrected chi connectivity index (χ1v) is 10.2. The van der Waals surface area contributed by atoms with E-state index in [1.54, 1.807) is 23.0 Å². The number of amides is 1. The highest BCUT2D eigenvalue weighted by Crippen LogP contribution is 2.25. The Morgan fingerprint density at radius 3 is 2.57 bits per heavy atom. The zero-order valence-corrected chi connectivity index (χ0v) is 18.3. The van der Waals surface area contributed by atoms with Gasteiger partial charge in [0.2, 0.25) is 0 Å². The van der Waals surface area contributed by atoms with E-state index in [2.05, 4.69) is 10.4 Å². The summed E-state index contributed by atoms with van der Waals surface area (Å²) < 4.78 is 15.4. The van der Waals surface area contributed by atoms with Crippen LogP contribution >= 0.6 is 11.6 Å². The number of hydrogen-bond acceptors (Lipinski definition) is 3. The third-order valence-corrected chi connectivity index (χ3v) is 5.20. The summed E-state index contributed by atoms with van der Waals surface area (Å²) in [6.45, 7) is 4.38. The molecule has 0 aliphatic heterocycles. The van der Waals surface area contributed by atoms with E-state index in [-0.39, 0.29) is 23.7 Å². The van der Waals surface area contributed by atoms with Crippen LogP contribution in [0.25, 0.3) is 5.69 Å². The molecule has 0 aliphatic carbocycles. The van der Waals surface area contributed by atoms with Crippen molar-refractivity contribution in [3.8, 4) is 5.69 Å². The molecule has 30 heavy (non-hydrogen) atoms. The average Bonchev–Trinajstić information content (AvgIpc) is 3.13. The minimum Gasteiger partial charge on any atom is -0.350 e. The van der Waals surface area contributed by atoms with Crippen molar-refractivity contribution in [2.24, 2.45) is 0 Å². The molecule has 0 radical (unpaired) electrons. The van der Waals surface area contributed by atoms with Crippen LogP contribution in [0.5, 0.6) is 0 Å². The average molecular weight is 429 g/mol. The van der Waals surface area contributed by atoms with Gasteiger partial charge in [-0.1, -0.05) is 43.6 Å². The Morgan fingerprint density at radius 1 is 1.20 bits per heavy atom. The second-order valence-electron chi connectivity index (χ2n) is 7.73. The fourth-order valence-electron chi connectivity index (χ4n) is 3.50. The van der Waals surface area contributed by atoms with Crippen LogP contribution in [0.15, 0.2) is 54.7 Å². The predicted molar refractivity (Wildman–Crippen MR) is 118 cm³/mol. The van der Waals surface area contributed by atoms with Gasteiger partial charge in [-0.25, -0.2) is 9.07 Å². The Morgan fingerprint density at radius 2 is 1.93 bits per heavy atom. The number of nitrogens with zero attached hydrogens (tertiary/aromatic N) is 3. The standard InChI is InChI=1S/C23H26ClFN4O/c1-15(2)22-20(13-27-29(22)19-10-6-8-17(24)12-19)23(30)26-14-21(28(3)4)16-7-5-9-18(25)11-16/h5-13,15,21H,14H2,1-4H3,(H,26,30). The molecule has 1 heterocycles. The summed E-state index contributed by atoms with van der Waals surface area (Å²) in [7, 11) is 3.80. The third kappa shape index (κ3) is 4.89. The lowest BCUT2D eigenvalue weighted by atomic mass is 10.0. The normalized spacial score (nSPS) is 12.4. The summed E-state index contributed by atoms with van der Waals surface area (Å²) in [4.78, 5) is 15.0. The van der Waals surface area contributed by atoms with Crippen molar-refractivity contribution in [1.29, 1.82) is 0 Å². The van der Waals surface area contributed by atoms with Crippen molar-refractivity contribution in [2.45, 2.75) is 25.8 Å². The second kappa shape index (κ2) is 9.41. The van der Waals surface area contributed by atoms with E-state index in [1.165, 1.54) is 12.1 Å². The number of likely N-dealkylation sites (N-methyl/N-ethyl adjacent to an activating group) is 1. The molecule has 1 N–H and O–H groups in total. The van der Waals surface area contributed by atoms with Gasteiger partial charge in [0.1, 0.15) is 5.82 Å². The van der Waals surface area contributed by atoms with Gasteiger partial charge in [-0.15, -0.1) is 0 Å². The lowest BCUT2D eigenvalue weighted by Crippen LogP contribution is -2.35. The molecule has 158 valence electrons. The molecule has 1 atom stereocenters. The van der Waals surface area contributed by atoms with Gasteiger partial charge in [-0.3, -0.25) is 4.79 Å². The van der Waals surface area contributed by atoms with E-state index < -0.39 is 0 Å². The van der Waals surface area contributed by atoms with Crippen molar-refractivity contribution in [1.82, 2.24) is 20.0 Å². The van der Waals surface area contributed by atoms with Crippen molar-refractivity contribution in [3.05, 3.63) is 82.4 Å². The summed E-state index contributed by atoms with van der Waals surface area (Å²) in [6, 6.07) is 13.6. The fourth-order valence-corrected chi connectivity index (χ4v) is 3.68. The molecule has 1 aromatic heterocycles. The number of carbonyl (C=O) groups excluding carboxylic acids is 1. The number of aromatic nitrogens is 2. The van der Waals surface area contributed by atoms with Crippen LogP contribution in [-0.4, -0.2) is 41.2 Å². The Hall–Kier alpha value is -2.70. The zero-order valence-electron chi connectivity index (χ0n) is 17.6. The van der Waals surface area contributed by atoms with Crippen LogP contribution in [0.1, 0.15) is 47.4 Å². The molecule has 0 bridgehead atoms. The van der Waals surface area contributed by atoms with E-state index in [1.807, 2.05) is 57.1 Å². The van der Waals surface area contributed by atoms with Crippen LogP contribution in [-0.2, 0) is 0 Å². The van der Waals surface area contributed by atoms with Crippen LogP contribution in [0, 0.1) is 5.82 Å². The maximum Gasteiger partial charge on any atom is 0.254 e. The highest BCUT2D eigenvalue weighted by Gasteiger charge is 2.23. The van der Waals surface area contributed by atoms with Gasteiger partial charge >= 0.3 is 0 Å². The molecule has 0 saturated carbocycles. The number of halogens is 2. The molecular weight excluding hydrogens is 403 g/mol. The maximum absolute atomic E-state index is 13.7. The summed E-state index contributed by atoms with van der Waals surface area (Å²) in [5.41, 5.74) is 2.93. The predicted octanol–water partition coefficient (Wildman–Crippen LogP) is 4.82. The molecule has 1 amide bonds. The quantitative estimate of drug-likeness (QED) is 0.586. The van der Waals surface area contributed by atoms with E-state index >= 15 is 0 Å². The van der Waals surface area contributed by atoms with E-state index in [0.29, 0.717) is 17.1 Å². The monoisotopic (exact) mass is 428 g/mol. The van der Waals surface area contributed by atoms with E-state index in [9.17, 15) is 9.18 Å². The molecule has 3 aromatic rings. The molecule has 0 spiro atoms. The van der Waals surface area contributed by atoms with Crippen LogP contribution in [0.2, 0.25) is 5.02 Å². The largest absolute Gasteiger partial charge is 0.350 e. The molecule has 0 aliphatic rings. The third-order valence-electron chi connectivity index (χ3n) is 4.96. The molecular formula is C23H26ClFN4O. The second-order valence-corrected chi connectivity index (χ2v) is 8.17. The first kappa shape index (κ1) is 22.0. The summed E-state index contributed by atoms with van der Waals surface area (Å²) in [5, 5.41) is 8.03. The number of benzene rings is 2. The van der Waals surface area contributed by atoms with Gasteiger partial charge in [-0.05, 0) is 55.9 Å². The zero-order chi connectivity index (χ0) is 21.8. The molecule has 2 aromatic carbocycles. The van der Waals surface area contributed by atoms with Crippen molar-refractivity contribution in [2.75, 3.05) is 20.6 Å². The Bertz CT molecular complexity index is 1030. The first-order valence-electron chi connectivity index (χ1n) is 9.82. The SMILES string of the molecule is CC(C)c1c(C(=O)NCC(c2cccc(F)c2)N(C)C)cnn1-c1cccc(Cl)c1. The molecule has 0 fully saturated rings. The van der Waals surface area contributed by atoms with E-state index in [0.717, 1.165) is 16.9 Å². The Balaban J connectivity index is 1.84. The molecule has 1 unspecified atom stereocenters. The fraction of sp³-hybridized carbons (Fsp3) is 0.304. The van der Waals surface area contributed by atoms with Crippen LogP contribution in [0.4, 0.5) is 4.39 Å². The van der Waals surface area contributed by atoms with Crippen molar-refractivity contribution < 1.29 is 9.18 Å². The minimum atomic E-state index is -0.296. The topological polar surface area (TPSA) is 50.2 Å². The molecule has 5 nitrogen and oxygen atoms in total. The Labute approximate surface area is 181 Å². The molecule has 7 heteroatoms. The number of nitrogens with one attached hydrogen (secondary N) is 1. The first-order chi connectivity index (χ1) is 14.3. The molecule has 3 rings (SSSR count). The summed E-state index contributed by atoms with van der Waals surface area (Å²) >= 11 is 6.13.